The highest BCUT2D eigenvalue weighted by molar-refractivity contribution is 14.1. The first-order valence-corrected chi connectivity index (χ1v) is 5.52. The van der Waals surface area contributed by atoms with Gasteiger partial charge in [0, 0.05) is 6.20 Å². The Hall–Kier alpha value is -1.44. The number of aldehydes is 1. The summed E-state index contributed by atoms with van der Waals surface area (Å²) in [5.41, 5.74) is -0.125. The Morgan fingerprint density at radius 3 is 3.00 bits per heavy atom. The van der Waals surface area contributed by atoms with Crippen LogP contribution in [0, 0.1) is 3.57 Å². The van der Waals surface area contributed by atoms with Crippen molar-refractivity contribution in [1.82, 2.24) is 9.55 Å². The first-order valence-electron chi connectivity index (χ1n) is 4.44. The van der Waals surface area contributed by atoms with E-state index in [9.17, 15) is 9.59 Å². The standard InChI is InChI=1S/C10H7IN2O3/c11-9-3-12-6-13(10(9)15)4-7-1-2-8(5-14)16-7/h1-3,5-6H,4H2. The summed E-state index contributed by atoms with van der Waals surface area (Å²) in [5.74, 6) is 0.801. The number of halogens is 1. The van der Waals surface area contributed by atoms with Gasteiger partial charge >= 0.3 is 0 Å². The molecule has 0 radical (unpaired) electrons. The Kier molecular flexibility index (Phi) is 3.18. The molecule has 0 bridgehead atoms. The maximum Gasteiger partial charge on any atom is 0.267 e. The van der Waals surface area contributed by atoms with Gasteiger partial charge in [0.05, 0.1) is 16.4 Å². The molecule has 16 heavy (non-hydrogen) atoms. The molecular weight excluding hydrogens is 323 g/mol. The maximum absolute atomic E-state index is 11.7. The number of carbonyl (C=O) groups is 1. The summed E-state index contributed by atoms with van der Waals surface area (Å²) in [5, 5.41) is 0. The largest absolute Gasteiger partial charge is 0.456 e. The van der Waals surface area contributed by atoms with Crippen LogP contribution in [0.2, 0.25) is 0 Å². The average molecular weight is 330 g/mol. The minimum Gasteiger partial charge on any atom is -0.456 e. The molecule has 0 aromatic carbocycles. The molecule has 0 aliphatic carbocycles. The van der Waals surface area contributed by atoms with Gasteiger partial charge < -0.3 is 4.42 Å². The Morgan fingerprint density at radius 1 is 1.50 bits per heavy atom. The van der Waals surface area contributed by atoms with Crippen molar-refractivity contribution in [2.75, 3.05) is 0 Å². The van der Waals surface area contributed by atoms with Crippen molar-refractivity contribution >= 4 is 28.9 Å². The predicted octanol–water partition coefficient (Wildman–Crippen LogP) is 1.30. The number of hydrogen-bond acceptors (Lipinski definition) is 4. The number of carbonyl (C=O) groups excluding carboxylic acids is 1. The lowest BCUT2D eigenvalue weighted by molar-refractivity contribution is 0.109. The van der Waals surface area contributed by atoms with Gasteiger partial charge in [0.25, 0.3) is 5.56 Å². The van der Waals surface area contributed by atoms with Crippen LogP contribution in [-0.2, 0) is 6.54 Å². The third-order valence-corrected chi connectivity index (χ3v) is 2.72. The van der Waals surface area contributed by atoms with E-state index >= 15 is 0 Å². The molecule has 0 unspecified atom stereocenters. The smallest absolute Gasteiger partial charge is 0.267 e. The van der Waals surface area contributed by atoms with Gasteiger partial charge in [-0.3, -0.25) is 14.2 Å². The predicted molar refractivity (Wildman–Crippen MR) is 64.4 cm³/mol. The first kappa shape index (κ1) is 11.1. The van der Waals surface area contributed by atoms with Crippen LogP contribution >= 0.6 is 22.6 Å². The lowest BCUT2D eigenvalue weighted by Crippen LogP contribution is -2.22. The van der Waals surface area contributed by atoms with E-state index in [-0.39, 0.29) is 17.9 Å². The molecule has 2 aromatic rings. The number of nitrogens with zero attached hydrogens (tertiary/aromatic N) is 2. The number of hydrogen-bond donors (Lipinski definition) is 0. The van der Waals surface area contributed by atoms with Crippen LogP contribution < -0.4 is 5.56 Å². The molecule has 0 fully saturated rings. The van der Waals surface area contributed by atoms with E-state index < -0.39 is 0 Å². The van der Waals surface area contributed by atoms with E-state index in [2.05, 4.69) is 4.98 Å². The zero-order chi connectivity index (χ0) is 11.5. The van der Waals surface area contributed by atoms with E-state index in [1.165, 1.54) is 17.1 Å². The molecule has 82 valence electrons. The summed E-state index contributed by atoms with van der Waals surface area (Å²) in [6.45, 7) is 0.274. The second kappa shape index (κ2) is 4.60. The van der Waals surface area contributed by atoms with Gasteiger partial charge in [-0.2, -0.15) is 0 Å². The van der Waals surface area contributed by atoms with Crippen LogP contribution in [-0.4, -0.2) is 15.8 Å². The molecule has 2 heterocycles. The summed E-state index contributed by atoms with van der Waals surface area (Å²) in [6, 6.07) is 3.23. The quantitative estimate of drug-likeness (QED) is 0.629. The van der Waals surface area contributed by atoms with Crippen molar-refractivity contribution < 1.29 is 9.21 Å². The van der Waals surface area contributed by atoms with Crippen LogP contribution in [0.5, 0.6) is 0 Å². The third-order valence-electron chi connectivity index (χ3n) is 1.98. The molecular formula is C10H7IN2O3. The van der Waals surface area contributed by atoms with E-state index in [0.29, 0.717) is 15.6 Å². The van der Waals surface area contributed by atoms with Crippen molar-refractivity contribution in [1.29, 1.82) is 0 Å². The minimum atomic E-state index is -0.125. The first-order chi connectivity index (χ1) is 7.70. The summed E-state index contributed by atoms with van der Waals surface area (Å²) < 4.78 is 7.14. The highest BCUT2D eigenvalue weighted by Gasteiger charge is 2.05. The summed E-state index contributed by atoms with van der Waals surface area (Å²) in [4.78, 5) is 26.0. The molecule has 0 aliphatic rings. The maximum atomic E-state index is 11.7. The molecule has 6 heteroatoms. The molecule has 0 spiro atoms. The molecule has 0 saturated heterocycles. The van der Waals surface area contributed by atoms with Crippen LogP contribution in [0.25, 0.3) is 0 Å². The number of rotatable bonds is 3. The Morgan fingerprint density at radius 2 is 2.31 bits per heavy atom. The topological polar surface area (TPSA) is 65.1 Å². The molecule has 5 nitrogen and oxygen atoms in total. The normalized spacial score (nSPS) is 10.3. The Labute approximate surface area is 104 Å². The number of aromatic nitrogens is 2. The second-order valence-corrected chi connectivity index (χ2v) is 4.26. The van der Waals surface area contributed by atoms with E-state index in [1.54, 1.807) is 12.1 Å². The molecule has 0 N–H and O–H groups in total. The van der Waals surface area contributed by atoms with Crippen molar-refractivity contribution in [3.63, 3.8) is 0 Å². The zero-order valence-electron chi connectivity index (χ0n) is 8.09. The third kappa shape index (κ3) is 2.21. The van der Waals surface area contributed by atoms with Crippen LogP contribution in [0.15, 0.2) is 33.9 Å². The van der Waals surface area contributed by atoms with Gasteiger partial charge in [-0.25, -0.2) is 4.98 Å². The molecule has 0 saturated carbocycles. The van der Waals surface area contributed by atoms with Gasteiger partial charge in [0.15, 0.2) is 12.0 Å². The van der Waals surface area contributed by atoms with Crippen LogP contribution in [0.4, 0.5) is 0 Å². The van der Waals surface area contributed by atoms with Gasteiger partial charge in [-0.1, -0.05) is 0 Å². The van der Waals surface area contributed by atoms with Crippen LogP contribution in [0.1, 0.15) is 16.3 Å². The lowest BCUT2D eigenvalue weighted by atomic mass is 10.4. The second-order valence-electron chi connectivity index (χ2n) is 3.10. The van der Waals surface area contributed by atoms with Crippen molar-refractivity contribution in [3.8, 4) is 0 Å². The van der Waals surface area contributed by atoms with Gasteiger partial charge in [0.1, 0.15) is 5.76 Å². The van der Waals surface area contributed by atoms with Crippen molar-refractivity contribution in [3.05, 3.63) is 50.1 Å². The van der Waals surface area contributed by atoms with Gasteiger partial charge in [-0.05, 0) is 34.7 Å². The van der Waals surface area contributed by atoms with E-state index in [4.69, 9.17) is 4.42 Å². The SMILES string of the molecule is O=Cc1ccc(Cn2cncc(I)c2=O)o1. The molecule has 2 rings (SSSR count). The van der Waals surface area contributed by atoms with Crippen molar-refractivity contribution in [2.45, 2.75) is 6.54 Å². The Bertz CT molecular complexity index is 573. The van der Waals surface area contributed by atoms with E-state index in [0.717, 1.165) is 0 Å². The lowest BCUT2D eigenvalue weighted by Gasteiger charge is -2.01. The minimum absolute atomic E-state index is 0.125. The molecule has 0 atom stereocenters. The summed E-state index contributed by atoms with van der Waals surface area (Å²) in [7, 11) is 0. The summed E-state index contributed by atoms with van der Waals surface area (Å²) >= 11 is 1.92. The van der Waals surface area contributed by atoms with E-state index in [1.807, 2.05) is 22.6 Å². The fraction of sp³-hybridized carbons (Fsp3) is 0.100. The summed E-state index contributed by atoms with van der Waals surface area (Å²) in [6.07, 6.45) is 3.56. The number of furan rings is 1. The highest BCUT2D eigenvalue weighted by atomic mass is 127. The molecule has 0 amide bonds. The monoisotopic (exact) mass is 330 g/mol. The van der Waals surface area contributed by atoms with Gasteiger partial charge in [-0.15, -0.1) is 0 Å². The fourth-order valence-corrected chi connectivity index (χ4v) is 1.72. The van der Waals surface area contributed by atoms with Crippen molar-refractivity contribution in [2.24, 2.45) is 0 Å². The van der Waals surface area contributed by atoms with Crippen LogP contribution in [0.3, 0.4) is 0 Å². The highest BCUT2D eigenvalue weighted by Crippen LogP contribution is 2.06. The fourth-order valence-electron chi connectivity index (χ4n) is 1.25. The van der Waals surface area contributed by atoms with Gasteiger partial charge in [0.2, 0.25) is 0 Å². The zero-order valence-corrected chi connectivity index (χ0v) is 10.2. The Balaban J connectivity index is 2.30. The molecule has 0 aliphatic heterocycles. The average Bonchev–Trinajstić information content (AvgIpc) is 2.73. The molecule has 2 aromatic heterocycles.